The lowest BCUT2D eigenvalue weighted by Crippen LogP contribution is -2.20. The van der Waals surface area contributed by atoms with E-state index < -0.39 is 29.3 Å². The number of hydrogen-bond donors (Lipinski definition) is 3. The van der Waals surface area contributed by atoms with Gasteiger partial charge in [0.1, 0.15) is 22.8 Å². The largest absolute Gasteiger partial charge is 0.416 e. The Kier molecular flexibility index (Phi) is 7.09. The van der Waals surface area contributed by atoms with Crippen molar-refractivity contribution in [3.8, 4) is 11.1 Å². The number of carbonyl (C=O) groups is 1. The highest BCUT2D eigenvalue weighted by Crippen LogP contribution is 2.40. The number of fused-ring (bicyclic) bond motifs is 1. The first-order valence-electron chi connectivity index (χ1n) is 10.7. The molecule has 2 aromatic carbocycles. The van der Waals surface area contributed by atoms with Gasteiger partial charge in [0.05, 0.1) is 16.6 Å². The third-order valence-corrected chi connectivity index (χ3v) is 6.51. The molecular formula is C24H22F4N6OS. The van der Waals surface area contributed by atoms with E-state index in [1.165, 1.54) is 6.33 Å². The maximum Gasteiger partial charge on any atom is 0.416 e. The van der Waals surface area contributed by atoms with Crippen LogP contribution in [0.1, 0.15) is 10.4 Å². The van der Waals surface area contributed by atoms with Gasteiger partial charge < -0.3 is 21.3 Å². The summed E-state index contributed by atoms with van der Waals surface area (Å²) < 4.78 is 52.7. The summed E-state index contributed by atoms with van der Waals surface area (Å²) in [4.78, 5) is 24.7. The van der Waals surface area contributed by atoms with Crippen LogP contribution < -0.4 is 16.4 Å². The van der Waals surface area contributed by atoms with E-state index in [-0.39, 0.29) is 0 Å². The van der Waals surface area contributed by atoms with E-state index in [1.54, 1.807) is 35.6 Å². The monoisotopic (exact) mass is 518 g/mol. The number of nitrogens with zero attached hydrogens (tertiary/aromatic N) is 3. The molecule has 0 aliphatic rings. The lowest BCUT2D eigenvalue weighted by Gasteiger charge is -2.13. The number of likely N-dealkylation sites (N-methyl/N-ethyl adjacent to an activating group) is 1. The summed E-state index contributed by atoms with van der Waals surface area (Å²) in [5.41, 5.74) is 6.63. The maximum absolute atomic E-state index is 13.9. The minimum absolute atomic E-state index is 0.363. The Morgan fingerprint density at radius 1 is 1.08 bits per heavy atom. The van der Waals surface area contributed by atoms with Crippen molar-refractivity contribution in [1.82, 2.24) is 14.9 Å². The van der Waals surface area contributed by atoms with Crippen molar-refractivity contribution in [2.75, 3.05) is 37.0 Å². The Labute approximate surface area is 208 Å². The summed E-state index contributed by atoms with van der Waals surface area (Å²) in [5, 5.41) is 5.38. The molecule has 12 heteroatoms. The summed E-state index contributed by atoms with van der Waals surface area (Å²) in [5.74, 6) is -0.616. The minimum Gasteiger partial charge on any atom is -0.383 e. The summed E-state index contributed by atoms with van der Waals surface area (Å²) >= 11 is 1.54. The molecular weight excluding hydrogens is 496 g/mol. The molecule has 4 rings (SSSR count). The van der Waals surface area contributed by atoms with Crippen LogP contribution in [0, 0.1) is 5.82 Å². The first-order valence-corrected chi connectivity index (χ1v) is 11.6. The van der Waals surface area contributed by atoms with Crippen LogP contribution in [0.25, 0.3) is 21.3 Å². The smallest absolute Gasteiger partial charge is 0.383 e. The molecule has 0 radical (unpaired) electrons. The van der Waals surface area contributed by atoms with E-state index in [0.717, 1.165) is 39.2 Å². The molecule has 0 aliphatic heterocycles. The topological polar surface area (TPSA) is 96.2 Å². The normalized spacial score (nSPS) is 11.8. The number of nitrogen functional groups attached to an aromatic ring is 1. The minimum atomic E-state index is -4.66. The van der Waals surface area contributed by atoms with Crippen LogP contribution in [0.3, 0.4) is 0 Å². The molecule has 0 atom stereocenters. The van der Waals surface area contributed by atoms with Crippen LogP contribution in [0.2, 0.25) is 0 Å². The van der Waals surface area contributed by atoms with Crippen molar-refractivity contribution >= 4 is 44.8 Å². The van der Waals surface area contributed by atoms with Crippen LogP contribution >= 0.6 is 11.3 Å². The number of amides is 2. The van der Waals surface area contributed by atoms with Gasteiger partial charge in [0.25, 0.3) is 0 Å². The third-order valence-electron chi connectivity index (χ3n) is 5.35. The van der Waals surface area contributed by atoms with Gasteiger partial charge >= 0.3 is 12.2 Å². The Balaban J connectivity index is 1.56. The van der Waals surface area contributed by atoms with Crippen LogP contribution in [0.15, 0.2) is 48.8 Å². The zero-order valence-corrected chi connectivity index (χ0v) is 20.1. The van der Waals surface area contributed by atoms with Gasteiger partial charge in [-0.2, -0.15) is 13.2 Å². The molecule has 4 N–H and O–H groups in total. The van der Waals surface area contributed by atoms with Gasteiger partial charge in [-0.15, -0.1) is 11.3 Å². The molecule has 36 heavy (non-hydrogen) atoms. The molecule has 2 amide bonds. The molecule has 7 nitrogen and oxygen atoms in total. The van der Waals surface area contributed by atoms with E-state index in [2.05, 4.69) is 25.5 Å². The van der Waals surface area contributed by atoms with Crippen molar-refractivity contribution in [3.63, 3.8) is 0 Å². The number of nitrogens with one attached hydrogen (secondary N) is 2. The number of rotatable bonds is 6. The van der Waals surface area contributed by atoms with Crippen LogP contribution in [0.5, 0.6) is 0 Å². The van der Waals surface area contributed by atoms with Crippen LogP contribution in [-0.4, -0.2) is 41.5 Å². The highest BCUT2D eigenvalue weighted by molar-refractivity contribution is 7.19. The second-order valence-corrected chi connectivity index (χ2v) is 9.33. The van der Waals surface area contributed by atoms with Crippen molar-refractivity contribution in [1.29, 1.82) is 0 Å². The Bertz CT molecular complexity index is 1400. The molecule has 0 saturated heterocycles. The molecule has 188 valence electrons. The SMILES string of the molecule is CN(C)CCc1sc2ncnc(N)c2c1-c1ccc(NC(=O)Nc2cc(C(F)(F)F)ccc2F)cc1. The second kappa shape index (κ2) is 10.1. The zero-order valence-electron chi connectivity index (χ0n) is 19.3. The zero-order chi connectivity index (χ0) is 26.0. The van der Waals surface area contributed by atoms with Gasteiger partial charge in [-0.3, -0.25) is 0 Å². The Morgan fingerprint density at radius 3 is 2.47 bits per heavy atom. The number of alkyl halides is 3. The molecule has 2 heterocycles. The second-order valence-electron chi connectivity index (χ2n) is 8.24. The summed E-state index contributed by atoms with van der Waals surface area (Å²) in [6.45, 7) is 0.819. The van der Waals surface area contributed by atoms with Gasteiger partial charge in [-0.05, 0) is 56.4 Å². The van der Waals surface area contributed by atoms with Gasteiger partial charge in [0.2, 0.25) is 0 Å². The van der Waals surface area contributed by atoms with Crippen LogP contribution in [0.4, 0.5) is 39.5 Å². The van der Waals surface area contributed by atoms with Gasteiger partial charge in [-0.1, -0.05) is 12.1 Å². The average Bonchev–Trinajstić information content (AvgIpc) is 3.19. The predicted octanol–water partition coefficient (Wildman–Crippen LogP) is 5.85. The molecule has 0 bridgehead atoms. The van der Waals surface area contributed by atoms with Crippen molar-refractivity contribution in [3.05, 3.63) is 65.0 Å². The Hall–Kier alpha value is -3.77. The van der Waals surface area contributed by atoms with Crippen LogP contribution in [-0.2, 0) is 12.6 Å². The number of nitrogens with two attached hydrogens (primary N) is 1. The highest BCUT2D eigenvalue weighted by atomic mass is 32.1. The molecule has 4 aromatic rings. The fourth-order valence-corrected chi connectivity index (χ4v) is 4.77. The summed E-state index contributed by atoms with van der Waals surface area (Å²) in [6, 6.07) is 7.76. The van der Waals surface area contributed by atoms with E-state index in [9.17, 15) is 22.4 Å². The third kappa shape index (κ3) is 5.55. The number of urea groups is 1. The van der Waals surface area contributed by atoms with Crippen molar-refractivity contribution < 1.29 is 22.4 Å². The molecule has 0 fully saturated rings. The average molecular weight is 519 g/mol. The fraction of sp³-hybridized carbons (Fsp3) is 0.208. The van der Waals surface area contributed by atoms with Crippen molar-refractivity contribution in [2.45, 2.75) is 12.6 Å². The first-order chi connectivity index (χ1) is 17.0. The van der Waals surface area contributed by atoms with E-state index >= 15 is 0 Å². The number of carbonyl (C=O) groups excluding carboxylic acids is 1. The van der Waals surface area contributed by atoms with Gasteiger partial charge in [0, 0.05) is 22.7 Å². The van der Waals surface area contributed by atoms with Gasteiger partial charge in [-0.25, -0.2) is 19.2 Å². The maximum atomic E-state index is 13.9. The predicted molar refractivity (Wildman–Crippen MR) is 134 cm³/mol. The molecule has 0 spiro atoms. The first kappa shape index (κ1) is 25.3. The quantitative estimate of drug-likeness (QED) is 0.279. The summed E-state index contributed by atoms with van der Waals surface area (Å²) in [6.07, 6.45) is -2.47. The number of hydrogen-bond acceptors (Lipinski definition) is 6. The molecule has 0 unspecified atom stereocenters. The van der Waals surface area contributed by atoms with E-state index in [1.807, 2.05) is 14.1 Å². The summed E-state index contributed by atoms with van der Waals surface area (Å²) in [7, 11) is 3.97. The highest BCUT2D eigenvalue weighted by Gasteiger charge is 2.31. The standard InChI is InChI=1S/C24H22F4N6OS/c1-34(2)10-9-18-19(20-21(29)30-12-31-22(20)36-18)13-3-6-15(7-4-13)32-23(35)33-17-11-14(24(26,27)28)5-8-16(17)25/h3-8,11-12H,9-10H2,1-2H3,(H2,29,30,31)(H2,32,33,35). The number of aromatic nitrogens is 2. The fourth-order valence-electron chi connectivity index (χ4n) is 3.61. The van der Waals surface area contributed by atoms with E-state index in [4.69, 9.17) is 5.73 Å². The molecule has 0 aliphatic carbocycles. The lowest BCUT2D eigenvalue weighted by atomic mass is 10.0. The number of halogens is 4. The number of benzene rings is 2. The number of thiophene rings is 1. The Morgan fingerprint density at radius 2 is 1.81 bits per heavy atom. The molecule has 2 aromatic heterocycles. The van der Waals surface area contributed by atoms with Gasteiger partial charge in [0.15, 0.2) is 0 Å². The van der Waals surface area contributed by atoms with Crippen molar-refractivity contribution in [2.24, 2.45) is 0 Å². The lowest BCUT2D eigenvalue weighted by molar-refractivity contribution is -0.137. The number of anilines is 3. The van der Waals surface area contributed by atoms with E-state index in [0.29, 0.717) is 29.7 Å². The molecule has 0 saturated carbocycles.